The molecule has 0 radical (unpaired) electrons. The van der Waals surface area contributed by atoms with Gasteiger partial charge in [-0.15, -0.1) is 11.6 Å². The second kappa shape index (κ2) is 17.1. The topological polar surface area (TPSA) is 52.6 Å². The van der Waals surface area contributed by atoms with Crippen molar-refractivity contribution in [1.29, 1.82) is 0 Å². The Morgan fingerprint density at radius 2 is 1.33 bits per heavy atom. The number of hydrogen-bond donors (Lipinski definition) is 0. The molecule has 0 aliphatic carbocycles. The van der Waals surface area contributed by atoms with Crippen LogP contribution in [0.4, 0.5) is 0 Å². The Labute approximate surface area is 152 Å². The van der Waals surface area contributed by atoms with Crippen LogP contribution in [0.2, 0.25) is 0 Å². The van der Waals surface area contributed by atoms with Gasteiger partial charge in [0, 0.05) is 18.7 Å². The van der Waals surface area contributed by atoms with Gasteiger partial charge < -0.3 is 9.47 Å². The quantitative estimate of drug-likeness (QED) is 0.213. The summed E-state index contributed by atoms with van der Waals surface area (Å²) in [7, 11) is 0. The van der Waals surface area contributed by atoms with Crippen LogP contribution in [0, 0.1) is 5.92 Å². The summed E-state index contributed by atoms with van der Waals surface area (Å²) in [5, 5.41) is 0. The molecule has 0 aliphatic heterocycles. The minimum atomic E-state index is -0.218. The second-order valence-electron chi connectivity index (χ2n) is 6.25. The average molecular weight is 363 g/mol. The van der Waals surface area contributed by atoms with Crippen LogP contribution in [-0.2, 0) is 19.1 Å². The third-order valence-electron chi connectivity index (χ3n) is 4.19. The zero-order valence-electron chi connectivity index (χ0n) is 15.5. The Morgan fingerprint density at radius 3 is 1.92 bits per heavy atom. The highest BCUT2D eigenvalue weighted by Gasteiger charge is 2.10. The van der Waals surface area contributed by atoms with Gasteiger partial charge in [-0.25, -0.2) is 0 Å². The summed E-state index contributed by atoms with van der Waals surface area (Å²) < 4.78 is 10.4. The molecule has 0 aliphatic rings. The van der Waals surface area contributed by atoms with Crippen molar-refractivity contribution in [3.8, 4) is 0 Å². The summed E-state index contributed by atoms with van der Waals surface area (Å²) in [5.74, 6) is 0.744. The highest BCUT2D eigenvalue weighted by Crippen LogP contribution is 2.09. The summed E-state index contributed by atoms with van der Waals surface area (Å²) >= 11 is 5.62. The first-order valence-corrected chi connectivity index (χ1v) is 10.0. The van der Waals surface area contributed by atoms with Crippen LogP contribution in [0.25, 0.3) is 0 Å². The van der Waals surface area contributed by atoms with Crippen LogP contribution < -0.4 is 0 Å². The van der Waals surface area contributed by atoms with Crippen LogP contribution in [0.3, 0.4) is 0 Å². The molecule has 4 nitrogen and oxygen atoms in total. The van der Waals surface area contributed by atoms with E-state index in [9.17, 15) is 9.59 Å². The number of halogens is 1. The maximum Gasteiger partial charge on any atom is 0.305 e. The van der Waals surface area contributed by atoms with Crippen molar-refractivity contribution < 1.29 is 19.1 Å². The van der Waals surface area contributed by atoms with Crippen molar-refractivity contribution in [2.24, 2.45) is 5.92 Å². The number of carbonyl (C=O) groups is 2. The summed E-state index contributed by atoms with van der Waals surface area (Å²) in [4.78, 5) is 23.2. The molecule has 0 unspecified atom stereocenters. The van der Waals surface area contributed by atoms with E-state index in [0.717, 1.165) is 44.4 Å². The van der Waals surface area contributed by atoms with Crippen molar-refractivity contribution in [1.82, 2.24) is 0 Å². The van der Waals surface area contributed by atoms with Gasteiger partial charge in [0.05, 0.1) is 13.2 Å². The van der Waals surface area contributed by atoms with Crippen molar-refractivity contribution in [2.75, 3.05) is 19.1 Å². The van der Waals surface area contributed by atoms with Gasteiger partial charge >= 0.3 is 11.9 Å². The molecule has 0 fully saturated rings. The van der Waals surface area contributed by atoms with Gasteiger partial charge in [-0.05, 0) is 25.2 Å². The lowest BCUT2D eigenvalue weighted by Crippen LogP contribution is -2.13. The SMILES string of the molecule is CCC(CC)COC(=O)CCCC(=O)OCCCCCCCCCl. The van der Waals surface area contributed by atoms with E-state index in [1.165, 1.54) is 12.8 Å². The van der Waals surface area contributed by atoms with Crippen LogP contribution in [0.15, 0.2) is 0 Å². The molecule has 0 rings (SSSR count). The molecule has 0 saturated heterocycles. The van der Waals surface area contributed by atoms with Gasteiger partial charge in [0.1, 0.15) is 0 Å². The molecule has 0 N–H and O–H groups in total. The van der Waals surface area contributed by atoms with Gasteiger partial charge in [-0.1, -0.05) is 52.4 Å². The fraction of sp³-hybridized carbons (Fsp3) is 0.895. The fourth-order valence-corrected chi connectivity index (χ4v) is 2.54. The number of alkyl halides is 1. The predicted octanol–water partition coefficient (Wildman–Crippen LogP) is 5.26. The maximum absolute atomic E-state index is 11.6. The summed E-state index contributed by atoms with van der Waals surface area (Å²) in [5.41, 5.74) is 0. The average Bonchev–Trinajstić information content (AvgIpc) is 2.58. The third-order valence-corrected chi connectivity index (χ3v) is 4.45. The minimum absolute atomic E-state index is 0.216. The molecule has 24 heavy (non-hydrogen) atoms. The van der Waals surface area contributed by atoms with Crippen LogP contribution >= 0.6 is 11.6 Å². The van der Waals surface area contributed by atoms with Gasteiger partial charge in [0.2, 0.25) is 0 Å². The van der Waals surface area contributed by atoms with Crippen molar-refractivity contribution >= 4 is 23.5 Å². The molecule has 0 aromatic rings. The molecule has 0 aromatic carbocycles. The van der Waals surface area contributed by atoms with E-state index in [2.05, 4.69) is 13.8 Å². The van der Waals surface area contributed by atoms with Crippen LogP contribution in [0.5, 0.6) is 0 Å². The Balaban J connectivity index is 3.44. The molecule has 0 heterocycles. The van der Waals surface area contributed by atoms with Crippen LogP contribution in [0.1, 0.15) is 84.5 Å². The number of hydrogen-bond acceptors (Lipinski definition) is 4. The van der Waals surface area contributed by atoms with Gasteiger partial charge in [0.25, 0.3) is 0 Å². The molecule has 0 atom stereocenters. The Kier molecular flexibility index (Phi) is 16.5. The molecule has 0 saturated carbocycles. The van der Waals surface area contributed by atoms with Gasteiger partial charge in [-0.3, -0.25) is 9.59 Å². The van der Waals surface area contributed by atoms with Crippen LogP contribution in [-0.4, -0.2) is 31.0 Å². The molecule has 0 spiro atoms. The molecule has 5 heteroatoms. The number of carbonyl (C=O) groups excluding carboxylic acids is 2. The lowest BCUT2D eigenvalue weighted by molar-refractivity contribution is -0.146. The number of rotatable bonds is 16. The van der Waals surface area contributed by atoms with E-state index < -0.39 is 0 Å². The monoisotopic (exact) mass is 362 g/mol. The zero-order valence-corrected chi connectivity index (χ0v) is 16.2. The van der Waals surface area contributed by atoms with E-state index in [0.29, 0.717) is 25.6 Å². The van der Waals surface area contributed by atoms with Gasteiger partial charge in [-0.2, -0.15) is 0 Å². The summed E-state index contributed by atoms with van der Waals surface area (Å²) in [6.45, 7) is 5.16. The summed E-state index contributed by atoms with van der Waals surface area (Å²) in [6, 6.07) is 0. The number of ether oxygens (including phenoxy) is 2. The number of unbranched alkanes of at least 4 members (excludes halogenated alkanes) is 5. The maximum atomic E-state index is 11.6. The van der Waals surface area contributed by atoms with Crippen molar-refractivity contribution in [2.45, 2.75) is 84.5 Å². The largest absolute Gasteiger partial charge is 0.466 e. The molecular formula is C19H35ClO4. The smallest absolute Gasteiger partial charge is 0.305 e. The Morgan fingerprint density at radius 1 is 0.792 bits per heavy atom. The van der Waals surface area contributed by atoms with E-state index >= 15 is 0 Å². The molecule has 0 amide bonds. The van der Waals surface area contributed by atoms with Crippen molar-refractivity contribution in [3.05, 3.63) is 0 Å². The summed E-state index contributed by atoms with van der Waals surface area (Å²) in [6.07, 6.45) is 9.71. The van der Waals surface area contributed by atoms with E-state index in [1.807, 2.05) is 0 Å². The Hall–Kier alpha value is -0.770. The molecule has 0 aromatic heterocycles. The fourth-order valence-electron chi connectivity index (χ4n) is 2.35. The molecule has 0 bridgehead atoms. The molecule has 142 valence electrons. The lowest BCUT2D eigenvalue weighted by Gasteiger charge is -2.12. The first-order chi connectivity index (χ1) is 11.6. The second-order valence-corrected chi connectivity index (χ2v) is 6.63. The Bertz CT molecular complexity index is 316. The predicted molar refractivity (Wildman–Crippen MR) is 98.3 cm³/mol. The normalized spacial score (nSPS) is 10.8. The van der Waals surface area contributed by atoms with Crippen molar-refractivity contribution in [3.63, 3.8) is 0 Å². The number of esters is 2. The zero-order chi connectivity index (χ0) is 18.0. The highest BCUT2D eigenvalue weighted by molar-refractivity contribution is 6.17. The first kappa shape index (κ1) is 23.2. The lowest BCUT2D eigenvalue weighted by atomic mass is 10.1. The third kappa shape index (κ3) is 14.8. The minimum Gasteiger partial charge on any atom is -0.466 e. The standard InChI is InChI=1S/C19H35ClO4/c1-3-17(4-2)16-24-19(22)13-11-12-18(21)23-15-10-8-6-5-7-9-14-20/h17H,3-16H2,1-2H3. The molecular weight excluding hydrogens is 328 g/mol. The highest BCUT2D eigenvalue weighted by atomic mass is 35.5. The van der Waals surface area contributed by atoms with Gasteiger partial charge in [0.15, 0.2) is 0 Å². The van der Waals surface area contributed by atoms with E-state index in [-0.39, 0.29) is 24.8 Å². The first-order valence-electron chi connectivity index (χ1n) is 9.51. The van der Waals surface area contributed by atoms with E-state index in [1.54, 1.807) is 0 Å². The van der Waals surface area contributed by atoms with E-state index in [4.69, 9.17) is 21.1 Å².